The zero-order valence-electron chi connectivity index (χ0n) is 10.6. The van der Waals surface area contributed by atoms with Crippen LogP contribution in [-0.4, -0.2) is 14.2 Å². The van der Waals surface area contributed by atoms with E-state index in [4.69, 9.17) is 15.2 Å². The molecule has 0 heterocycles. The first kappa shape index (κ1) is 12.7. The SMILES string of the molecule is COc1cc(Br)c2c(c1OC)[C@H](N)CC2(C)C. The Kier molecular flexibility index (Phi) is 3.12. The van der Waals surface area contributed by atoms with Gasteiger partial charge in [0.15, 0.2) is 11.5 Å². The summed E-state index contributed by atoms with van der Waals surface area (Å²) in [6.07, 6.45) is 0.921. The van der Waals surface area contributed by atoms with Gasteiger partial charge in [-0.3, -0.25) is 0 Å². The molecule has 0 saturated heterocycles. The van der Waals surface area contributed by atoms with E-state index < -0.39 is 0 Å². The van der Waals surface area contributed by atoms with Gasteiger partial charge in [-0.05, 0) is 23.5 Å². The molecule has 0 saturated carbocycles. The van der Waals surface area contributed by atoms with E-state index in [1.54, 1.807) is 14.2 Å². The van der Waals surface area contributed by atoms with Crippen LogP contribution in [0.2, 0.25) is 0 Å². The Balaban J connectivity index is 2.76. The first-order chi connectivity index (χ1) is 7.92. The minimum atomic E-state index is 0.00125. The molecule has 17 heavy (non-hydrogen) atoms. The third-order valence-corrected chi connectivity index (χ3v) is 4.06. The molecule has 1 aliphatic carbocycles. The Morgan fingerprint density at radius 2 is 2.00 bits per heavy atom. The summed E-state index contributed by atoms with van der Waals surface area (Å²) in [6, 6.07) is 1.96. The number of hydrogen-bond donors (Lipinski definition) is 1. The normalized spacial score (nSPS) is 21.2. The Morgan fingerprint density at radius 3 is 2.53 bits per heavy atom. The van der Waals surface area contributed by atoms with Gasteiger partial charge in [0, 0.05) is 16.1 Å². The fraction of sp³-hybridized carbons (Fsp3) is 0.538. The maximum atomic E-state index is 6.23. The zero-order valence-corrected chi connectivity index (χ0v) is 12.2. The smallest absolute Gasteiger partial charge is 0.165 e. The summed E-state index contributed by atoms with van der Waals surface area (Å²) in [7, 11) is 3.30. The Labute approximate surface area is 110 Å². The lowest BCUT2D eigenvalue weighted by atomic mass is 9.86. The van der Waals surface area contributed by atoms with Gasteiger partial charge in [0.05, 0.1) is 14.2 Å². The molecule has 1 aliphatic rings. The Bertz CT molecular complexity index is 457. The number of halogens is 1. The highest BCUT2D eigenvalue weighted by molar-refractivity contribution is 9.10. The van der Waals surface area contributed by atoms with Crippen molar-refractivity contribution in [3.8, 4) is 11.5 Å². The lowest BCUT2D eigenvalue weighted by molar-refractivity contribution is 0.350. The van der Waals surface area contributed by atoms with Crippen LogP contribution in [0.3, 0.4) is 0 Å². The van der Waals surface area contributed by atoms with Crippen LogP contribution < -0.4 is 15.2 Å². The predicted molar refractivity (Wildman–Crippen MR) is 71.8 cm³/mol. The van der Waals surface area contributed by atoms with E-state index in [2.05, 4.69) is 29.8 Å². The zero-order chi connectivity index (χ0) is 12.8. The summed E-state index contributed by atoms with van der Waals surface area (Å²) in [4.78, 5) is 0. The second-order valence-electron chi connectivity index (χ2n) is 5.08. The average Bonchev–Trinajstić information content (AvgIpc) is 2.49. The molecule has 0 amide bonds. The van der Waals surface area contributed by atoms with Crippen molar-refractivity contribution in [1.29, 1.82) is 0 Å². The number of methoxy groups -OCH3 is 2. The number of hydrogen-bond acceptors (Lipinski definition) is 3. The highest BCUT2D eigenvalue weighted by atomic mass is 79.9. The summed E-state index contributed by atoms with van der Waals surface area (Å²) in [5.74, 6) is 1.50. The van der Waals surface area contributed by atoms with E-state index in [-0.39, 0.29) is 11.5 Å². The molecule has 0 aliphatic heterocycles. The molecule has 94 valence electrons. The Hall–Kier alpha value is -0.740. The lowest BCUT2D eigenvalue weighted by Gasteiger charge is -2.21. The fourth-order valence-corrected chi connectivity index (χ4v) is 3.74. The van der Waals surface area contributed by atoms with Gasteiger partial charge in [0.2, 0.25) is 0 Å². The molecule has 1 aromatic carbocycles. The minimum absolute atomic E-state index is 0.00125. The third kappa shape index (κ3) is 1.83. The number of rotatable bonds is 2. The standard InChI is InChI=1S/C13H18BrNO2/c1-13(2)6-8(15)10-11(13)7(14)5-9(16-3)12(10)17-4/h5,8H,6,15H2,1-4H3/t8-/m1/s1. The molecule has 0 spiro atoms. The number of benzene rings is 1. The highest BCUT2D eigenvalue weighted by Gasteiger charge is 2.40. The second-order valence-corrected chi connectivity index (χ2v) is 5.93. The van der Waals surface area contributed by atoms with E-state index in [0.717, 1.165) is 28.0 Å². The summed E-state index contributed by atoms with van der Waals surface area (Å²) < 4.78 is 11.9. The molecule has 2 rings (SSSR count). The van der Waals surface area contributed by atoms with Gasteiger partial charge in [0.1, 0.15) is 0 Å². The van der Waals surface area contributed by atoms with E-state index in [1.165, 1.54) is 5.56 Å². The van der Waals surface area contributed by atoms with Crippen molar-refractivity contribution in [2.45, 2.75) is 31.7 Å². The van der Waals surface area contributed by atoms with Crippen molar-refractivity contribution < 1.29 is 9.47 Å². The van der Waals surface area contributed by atoms with Gasteiger partial charge in [-0.2, -0.15) is 0 Å². The summed E-state index contributed by atoms with van der Waals surface area (Å²) in [5.41, 5.74) is 8.61. The second kappa shape index (κ2) is 4.18. The predicted octanol–water partition coefficient (Wildman–Crippen LogP) is 3.15. The van der Waals surface area contributed by atoms with Crippen LogP contribution in [-0.2, 0) is 5.41 Å². The number of nitrogens with two attached hydrogens (primary N) is 1. The van der Waals surface area contributed by atoms with Gasteiger partial charge in [0.25, 0.3) is 0 Å². The van der Waals surface area contributed by atoms with Crippen LogP contribution in [0.15, 0.2) is 10.5 Å². The molecule has 0 radical (unpaired) electrons. The molecule has 1 aromatic rings. The molecule has 3 nitrogen and oxygen atoms in total. The first-order valence-corrected chi connectivity index (χ1v) is 6.42. The topological polar surface area (TPSA) is 44.5 Å². The van der Waals surface area contributed by atoms with E-state index in [0.29, 0.717) is 0 Å². The number of ether oxygens (including phenoxy) is 2. The average molecular weight is 300 g/mol. The summed E-state index contributed by atoms with van der Waals surface area (Å²) in [5, 5.41) is 0. The molecule has 1 atom stereocenters. The van der Waals surface area contributed by atoms with Crippen LogP contribution in [0.1, 0.15) is 37.4 Å². The van der Waals surface area contributed by atoms with Gasteiger partial charge in [-0.1, -0.05) is 29.8 Å². The summed E-state index contributed by atoms with van der Waals surface area (Å²) in [6.45, 7) is 4.41. The van der Waals surface area contributed by atoms with E-state index in [1.807, 2.05) is 6.07 Å². The molecule has 0 bridgehead atoms. The van der Waals surface area contributed by atoms with Crippen molar-refractivity contribution >= 4 is 15.9 Å². The highest BCUT2D eigenvalue weighted by Crippen LogP contribution is 2.53. The molecule has 0 aromatic heterocycles. The molecule has 0 fully saturated rings. The van der Waals surface area contributed by atoms with Crippen LogP contribution in [0, 0.1) is 0 Å². The van der Waals surface area contributed by atoms with Crippen LogP contribution in [0.4, 0.5) is 0 Å². The molecule has 4 heteroatoms. The quantitative estimate of drug-likeness (QED) is 0.912. The molecular weight excluding hydrogens is 282 g/mol. The van der Waals surface area contributed by atoms with Gasteiger partial charge in [-0.15, -0.1) is 0 Å². The van der Waals surface area contributed by atoms with E-state index >= 15 is 0 Å². The third-order valence-electron chi connectivity index (χ3n) is 3.44. The van der Waals surface area contributed by atoms with Gasteiger partial charge in [-0.25, -0.2) is 0 Å². The van der Waals surface area contributed by atoms with Crippen molar-refractivity contribution in [2.24, 2.45) is 5.73 Å². The van der Waals surface area contributed by atoms with Gasteiger partial charge >= 0.3 is 0 Å². The first-order valence-electron chi connectivity index (χ1n) is 5.62. The summed E-state index contributed by atoms with van der Waals surface area (Å²) >= 11 is 3.61. The van der Waals surface area contributed by atoms with E-state index in [9.17, 15) is 0 Å². The largest absolute Gasteiger partial charge is 0.493 e. The maximum Gasteiger partial charge on any atom is 0.165 e. The maximum absolute atomic E-state index is 6.23. The molecule has 2 N–H and O–H groups in total. The number of fused-ring (bicyclic) bond motifs is 1. The van der Waals surface area contributed by atoms with Gasteiger partial charge < -0.3 is 15.2 Å². The Morgan fingerprint density at radius 1 is 1.35 bits per heavy atom. The fourth-order valence-electron chi connectivity index (χ4n) is 2.79. The van der Waals surface area contributed by atoms with Crippen LogP contribution >= 0.6 is 15.9 Å². The minimum Gasteiger partial charge on any atom is -0.493 e. The van der Waals surface area contributed by atoms with Crippen LogP contribution in [0.25, 0.3) is 0 Å². The van der Waals surface area contributed by atoms with Crippen LogP contribution in [0.5, 0.6) is 11.5 Å². The molecule has 0 unspecified atom stereocenters. The van der Waals surface area contributed by atoms with Crippen molar-refractivity contribution in [1.82, 2.24) is 0 Å². The monoisotopic (exact) mass is 299 g/mol. The van der Waals surface area contributed by atoms with Crippen molar-refractivity contribution in [3.63, 3.8) is 0 Å². The van der Waals surface area contributed by atoms with Crippen molar-refractivity contribution in [3.05, 3.63) is 21.7 Å². The van der Waals surface area contributed by atoms with Crippen molar-refractivity contribution in [2.75, 3.05) is 14.2 Å². The molecular formula is C13H18BrNO2. The lowest BCUT2D eigenvalue weighted by Crippen LogP contribution is -2.14.